The van der Waals surface area contributed by atoms with Crippen LogP contribution in [0.1, 0.15) is 50.4 Å². The fourth-order valence-corrected chi connectivity index (χ4v) is 7.12. The topological polar surface area (TPSA) is 20.3 Å². The lowest BCUT2D eigenvalue weighted by molar-refractivity contribution is 0.0708. The summed E-state index contributed by atoms with van der Waals surface area (Å²) < 4.78 is 1.93. The third kappa shape index (κ3) is 2.61. The monoisotopic (exact) mass is 419 g/mol. The summed E-state index contributed by atoms with van der Waals surface area (Å²) in [6.07, 6.45) is 3.50. The van der Waals surface area contributed by atoms with Crippen LogP contribution >= 0.6 is 43.2 Å². The first kappa shape index (κ1) is 15.0. The fraction of sp³-hybridized carbons (Fsp3) is 0.667. The van der Waals surface area contributed by atoms with E-state index >= 15 is 0 Å². The van der Waals surface area contributed by atoms with Gasteiger partial charge in [0.1, 0.15) is 0 Å². The zero-order valence-electron chi connectivity index (χ0n) is 12.0. The van der Waals surface area contributed by atoms with Crippen LogP contribution in [0, 0.1) is 10.8 Å². The van der Waals surface area contributed by atoms with E-state index in [-0.39, 0.29) is 5.91 Å². The van der Waals surface area contributed by atoms with Crippen molar-refractivity contribution in [2.75, 3.05) is 6.54 Å². The number of amides is 1. The molecule has 2 unspecified atom stereocenters. The van der Waals surface area contributed by atoms with Gasteiger partial charge in [-0.3, -0.25) is 4.79 Å². The Kier molecular flexibility index (Phi) is 3.62. The SMILES string of the molecule is CC1(C)CC2CC(C)(CN2C(=O)c2cc(Br)sc2Br)C1. The molecule has 1 aromatic rings. The molecule has 2 aliphatic rings. The Morgan fingerprint density at radius 1 is 1.35 bits per heavy atom. The highest BCUT2D eigenvalue weighted by atomic mass is 79.9. The van der Waals surface area contributed by atoms with E-state index in [2.05, 4.69) is 57.5 Å². The molecule has 1 amide bonds. The average Bonchev–Trinajstić information content (AvgIpc) is 2.73. The number of hydrogen-bond donors (Lipinski definition) is 0. The Hall–Kier alpha value is 0.130. The van der Waals surface area contributed by atoms with Crippen molar-refractivity contribution in [1.82, 2.24) is 4.90 Å². The van der Waals surface area contributed by atoms with Gasteiger partial charge in [-0.1, -0.05) is 20.8 Å². The Balaban J connectivity index is 1.89. The first-order valence-electron chi connectivity index (χ1n) is 6.95. The summed E-state index contributed by atoms with van der Waals surface area (Å²) in [5.74, 6) is 0.185. The molecular formula is C15H19Br2NOS. The largest absolute Gasteiger partial charge is 0.335 e. The van der Waals surface area contributed by atoms with E-state index in [1.165, 1.54) is 6.42 Å². The fourth-order valence-electron chi connectivity index (χ4n) is 4.34. The number of nitrogens with zero attached hydrogens (tertiary/aromatic N) is 1. The van der Waals surface area contributed by atoms with Crippen LogP contribution in [0.3, 0.4) is 0 Å². The maximum Gasteiger partial charge on any atom is 0.256 e. The Morgan fingerprint density at radius 3 is 2.65 bits per heavy atom. The van der Waals surface area contributed by atoms with Gasteiger partial charge in [0.05, 0.1) is 13.1 Å². The molecule has 1 aliphatic heterocycles. The van der Waals surface area contributed by atoms with Crippen LogP contribution in [0.2, 0.25) is 0 Å². The number of carbonyl (C=O) groups is 1. The van der Waals surface area contributed by atoms with Gasteiger partial charge < -0.3 is 4.90 Å². The average molecular weight is 421 g/mol. The maximum absolute atomic E-state index is 12.9. The van der Waals surface area contributed by atoms with Crippen molar-refractivity contribution in [1.29, 1.82) is 0 Å². The van der Waals surface area contributed by atoms with E-state index in [4.69, 9.17) is 0 Å². The van der Waals surface area contributed by atoms with Crippen molar-refractivity contribution in [2.24, 2.45) is 10.8 Å². The summed E-state index contributed by atoms with van der Waals surface area (Å²) in [4.78, 5) is 15.0. The standard InChI is InChI=1S/C15H19Br2NOS/c1-14(2)5-9-6-15(3,7-14)8-18(9)13(19)10-4-11(16)20-12(10)17/h4,9H,5-8H2,1-3H3. The van der Waals surface area contributed by atoms with E-state index in [1.807, 2.05) is 6.07 Å². The van der Waals surface area contributed by atoms with Gasteiger partial charge in [-0.05, 0) is 68.0 Å². The maximum atomic E-state index is 12.9. The molecule has 3 rings (SSSR count). The highest BCUT2D eigenvalue weighted by Gasteiger charge is 2.51. The second kappa shape index (κ2) is 4.82. The van der Waals surface area contributed by atoms with Gasteiger partial charge in [-0.15, -0.1) is 11.3 Å². The molecule has 1 saturated heterocycles. The van der Waals surface area contributed by atoms with Gasteiger partial charge in [-0.25, -0.2) is 0 Å². The second-order valence-electron chi connectivity index (χ2n) is 7.38. The number of halogens is 2. The highest BCUT2D eigenvalue weighted by Crippen LogP contribution is 2.53. The van der Waals surface area contributed by atoms with Crippen molar-refractivity contribution in [3.05, 3.63) is 19.2 Å². The van der Waals surface area contributed by atoms with Crippen molar-refractivity contribution in [3.63, 3.8) is 0 Å². The lowest BCUT2D eigenvalue weighted by Gasteiger charge is -2.39. The number of thiophene rings is 1. The number of carbonyl (C=O) groups excluding carboxylic acids is 1. The predicted molar refractivity (Wildman–Crippen MR) is 90.3 cm³/mol. The lowest BCUT2D eigenvalue weighted by atomic mass is 9.65. The van der Waals surface area contributed by atoms with Gasteiger partial charge in [0.25, 0.3) is 5.91 Å². The first-order valence-corrected chi connectivity index (χ1v) is 9.35. The molecule has 0 N–H and O–H groups in total. The Labute approximate surface area is 141 Å². The van der Waals surface area contributed by atoms with E-state index in [1.54, 1.807) is 11.3 Å². The zero-order chi connectivity index (χ0) is 14.7. The highest BCUT2D eigenvalue weighted by molar-refractivity contribution is 9.12. The van der Waals surface area contributed by atoms with Crippen LogP contribution in [-0.2, 0) is 0 Å². The minimum absolute atomic E-state index is 0.185. The van der Waals surface area contributed by atoms with Gasteiger partial charge in [0.15, 0.2) is 0 Å². The van der Waals surface area contributed by atoms with E-state index in [9.17, 15) is 4.79 Å². The molecule has 20 heavy (non-hydrogen) atoms. The van der Waals surface area contributed by atoms with E-state index in [0.29, 0.717) is 16.9 Å². The summed E-state index contributed by atoms with van der Waals surface area (Å²) in [6.45, 7) is 7.91. The number of rotatable bonds is 1. The van der Waals surface area contributed by atoms with Crippen LogP contribution in [0.5, 0.6) is 0 Å². The van der Waals surface area contributed by atoms with Crippen LogP contribution in [0.15, 0.2) is 13.6 Å². The molecular weight excluding hydrogens is 402 g/mol. The molecule has 1 saturated carbocycles. The van der Waals surface area contributed by atoms with Gasteiger partial charge in [0.2, 0.25) is 0 Å². The summed E-state index contributed by atoms with van der Waals surface area (Å²) in [5.41, 5.74) is 1.44. The molecule has 5 heteroatoms. The van der Waals surface area contributed by atoms with Gasteiger partial charge in [-0.2, -0.15) is 0 Å². The van der Waals surface area contributed by atoms with Crippen LogP contribution in [0.25, 0.3) is 0 Å². The van der Waals surface area contributed by atoms with Crippen molar-refractivity contribution in [2.45, 2.75) is 46.1 Å². The minimum atomic E-state index is 0.185. The van der Waals surface area contributed by atoms with E-state index in [0.717, 1.165) is 32.5 Å². The van der Waals surface area contributed by atoms with Crippen LogP contribution < -0.4 is 0 Å². The summed E-state index contributed by atoms with van der Waals surface area (Å²) in [6, 6.07) is 2.34. The Bertz CT molecular complexity index is 568. The number of fused-ring (bicyclic) bond motifs is 2. The molecule has 1 aliphatic carbocycles. The van der Waals surface area contributed by atoms with Crippen molar-refractivity contribution >= 4 is 49.1 Å². The Morgan fingerprint density at radius 2 is 2.05 bits per heavy atom. The number of hydrogen-bond acceptors (Lipinski definition) is 2. The molecule has 2 heterocycles. The molecule has 0 aromatic carbocycles. The quantitative estimate of drug-likeness (QED) is 0.602. The third-order valence-electron chi connectivity index (χ3n) is 4.56. The molecule has 1 aromatic heterocycles. The second-order valence-corrected chi connectivity index (χ2v) is 11.1. The molecule has 2 atom stereocenters. The smallest absolute Gasteiger partial charge is 0.256 e. The third-order valence-corrected chi connectivity index (χ3v) is 6.90. The van der Waals surface area contributed by atoms with Gasteiger partial charge in [0, 0.05) is 12.6 Å². The first-order chi connectivity index (χ1) is 9.19. The van der Waals surface area contributed by atoms with Crippen LogP contribution in [0.4, 0.5) is 0 Å². The van der Waals surface area contributed by atoms with Crippen molar-refractivity contribution in [3.8, 4) is 0 Å². The summed E-state index contributed by atoms with van der Waals surface area (Å²) in [5, 5.41) is 0. The predicted octanol–water partition coefficient (Wildman–Crippen LogP) is 5.31. The van der Waals surface area contributed by atoms with Crippen LogP contribution in [-0.4, -0.2) is 23.4 Å². The number of likely N-dealkylation sites (tertiary alicyclic amines) is 1. The molecule has 2 fully saturated rings. The minimum Gasteiger partial charge on any atom is -0.335 e. The summed E-state index contributed by atoms with van der Waals surface area (Å²) >= 11 is 8.54. The normalized spacial score (nSPS) is 31.6. The molecule has 2 bridgehead atoms. The van der Waals surface area contributed by atoms with Crippen molar-refractivity contribution < 1.29 is 4.79 Å². The lowest BCUT2D eigenvalue weighted by Crippen LogP contribution is -2.37. The zero-order valence-corrected chi connectivity index (χ0v) is 16.0. The molecule has 110 valence electrons. The molecule has 2 nitrogen and oxygen atoms in total. The molecule has 0 spiro atoms. The summed E-state index contributed by atoms with van der Waals surface area (Å²) in [7, 11) is 0. The van der Waals surface area contributed by atoms with E-state index < -0.39 is 0 Å². The van der Waals surface area contributed by atoms with Gasteiger partial charge >= 0.3 is 0 Å². The molecule has 0 radical (unpaired) electrons.